The lowest BCUT2D eigenvalue weighted by molar-refractivity contribution is -0.132. The lowest BCUT2D eigenvalue weighted by Crippen LogP contribution is -2.37. The number of rotatable bonds is 3. The summed E-state index contributed by atoms with van der Waals surface area (Å²) in [5, 5.41) is 9.55. The number of carbonyl (C=O) groups is 1. The highest BCUT2D eigenvalue weighted by atomic mass is 19.2. The third kappa shape index (κ3) is 3.98. The van der Waals surface area contributed by atoms with Gasteiger partial charge in [-0.1, -0.05) is 6.07 Å². The van der Waals surface area contributed by atoms with E-state index in [1.807, 2.05) is 0 Å². The van der Waals surface area contributed by atoms with E-state index in [4.69, 9.17) is 4.74 Å². The van der Waals surface area contributed by atoms with Gasteiger partial charge in [-0.3, -0.25) is 4.79 Å². The third-order valence-electron chi connectivity index (χ3n) is 3.21. The molecule has 1 fully saturated rings. The molecular weight excluding hydrogens is 268 g/mol. The molecule has 0 spiro atoms. The number of amides is 1. The SMILES string of the molecule is O=C(CCc1ccc(F)c(F)c1)N1CCOCC(O)C1. The van der Waals surface area contributed by atoms with Crippen LogP contribution in [-0.2, 0) is 16.0 Å². The van der Waals surface area contributed by atoms with E-state index >= 15 is 0 Å². The molecule has 1 saturated heterocycles. The molecule has 110 valence electrons. The van der Waals surface area contributed by atoms with Gasteiger partial charge >= 0.3 is 0 Å². The van der Waals surface area contributed by atoms with Crippen LogP contribution in [0.15, 0.2) is 18.2 Å². The Morgan fingerprint density at radius 2 is 2.20 bits per heavy atom. The second-order valence-electron chi connectivity index (χ2n) is 4.82. The van der Waals surface area contributed by atoms with Gasteiger partial charge in [0.25, 0.3) is 0 Å². The van der Waals surface area contributed by atoms with Gasteiger partial charge in [-0.05, 0) is 24.1 Å². The van der Waals surface area contributed by atoms with Crippen LogP contribution in [0.4, 0.5) is 8.78 Å². The maximum Gasteiger partial charge on any atom is 0.223 e. The highest BCUT2D eigenvalue weighted by molar-refractivity contribution is 5.76. The summed E-state index contributed by atoms with van der Waals surface area (Å²) in [6.07, 6.45) is -0.147. The first-order valence-electron chi connectivity index (χ1n) is 6.54. The van der Waals surface area contributed by atoms with Crippen molar-refractivity contribution in [3.05, 3.63) is 35.4 Å². The average molecular weight is 285 g/mol. The zero-order valence-corrected chi connectivity index (χ0v) is 11.0. The predicted octanol–water partition coefficient (Wildman–Crippen LogP) is 1.12. The molecule has 1 aromatic carbocycles. The topological polar surface area (TPSA) is 49.8 Å². The van der Waals surface area contributed by atoms with Gasteiger partial charge < -0.3 is 14.7 Å². The van der Waals surface area contributed by atoms with Crippen molar-refractivity contribution in [3.8, 4) is 0 Å². The van der Waals surface area contributed by atoms with Crippen molar-refractivity contribution in [1.82, 2.24) is 4.90 Å². The monoisotopic (exact) mass is 285 g/mol. The van der Waals surface area contributed by atoms with Gasteiger partial charge in [0.1, 0.15) is 0 Å². The number of carbonyl (C=O) groups excluding carboxylic acids is 1. The molecule has 1 aromatic rings. The Kier molecular flexibility index (Phi) is 5.03. The number of halogens is 2. The summed E-state index contributed by atoms with van der Waals surface area (Å²) in [4.78, 5) is 13.6. The van der Waals surface area contributed by atoms with Gasteiger partial charge in [-0.15, -0.1) is 0 Å². The first-order valence-corrected chi connectivity index (χ1v) is 6.54. The van der Waals surface area contributed by atoms with Crippen molar-refractivity contribution in [2.24, 2.45) is 0 Å². The fourth-order valence-corrected chi connectivity index (χ4v) is 2.12. The zero-order chi connectivity index (χ0) is 14.5. The summed E-state index contributed by atoms with van der Waals surface area (Å²) in [5.41, 5.74) is 0.573. The normalized spacial score (nSPS) is 19.8. The van der Waals surface area contributed by atoms with E-state index in [0.717, 1.165) is 12.1 Å². The van der Waals surface area contributed by atoms with E-state index in [-0.39, 0.29) is 25.5 Å². The van der Waals surface area contributed by atoms with Crippen LogP contribution in [0.25, 0.3) is 0 Å². The second-order valence-corrected chi connectivity index (χ2v) is 4.82. The standard InChI is InChI=1S/C14H17F2NO3/c15-12-3-1-10(7-13(12)16)2-4-14(19)17-5-6-20-9-11(18)8-17/h1,3,7,11,18H,2,4-6,8-9H2. The number of aryl methyl sites for hydroxylation is 1. The third-order valence-corrected chi connectivity index (χ3v) is 3.21. The molecule has 20 heavy (non-hydrogen) atoms. The molecule has 0 aliphatic carbocycles. The van der Waals surface area contributed by atoms with Gasteiger partial charge in [0.15, 0.2) is 11.6 Å². The average Bonchev–Trinajstić information content (AvgIpc) is 2.64. The van der Waals surface area contributed by atoms with Crippen molar-refractivity contribution in [2.75, 3.05) is 26.3 Å². The number of benzene rings is 1. The van der Waals surface area contributed by atoms with Crippen LogP contribution in [0.3, 0.4) is 0 Å². The second kappa shape index (κ2) is 6.76. The fraction of sp³-hybridized carbons (Fsp3) is 0.500. The molecule has 6 heteroatoms. The highest BCUT2D eigenvalue weighted by Crippen LogP contribution is 2.12. The lowest BCUT2D eigenvalue weighted by Gasteiger charge is -2.21. The van der Waals surface area contributed by atoms with E-state index in [1.165, 1.54) is 11.0 Å². The molecule has 1 atom stereocenters. The molecule has 1 aliphatic rings. The Morgan fingerprint density at radius 3 is 2.95 bits per heavy atom. The number of nitrogens with zero attached hydrogens (tertiary/aromatic N) is 1. The Morgan fingerprint density at radius 1 is 1.40 bits per heavy atom. The number of aliphatic hydroxyl groups excluding tert-OH is 1. The Balaban J connectivity index is 1.89. The molecule has 1 heterocycles. The highest BCUT2D eigenvalue weighted by Gasteiger charge is 2.20. The van der Waals surface area contributed by atoms with E-state index in [1.54, 1.807) is 0 Å². The number of ether oxygens (including phenoxy) is 1. The zero-order valence-electron chi connectivity index (χ0n) is 11.0. The van der Waals surface area contributed by atoms with Crippen molar-refractivity contribution in [1.29, 1.82) is 0 Å². The Bertz CT molecular complexity index is 481. The molecule has 0 saturated carbocycles. The fourth-order valence-electron chi connectivity index (χ4n) is 2.12. The first-order chi connectivity index (χ1) is 9.56. The molecule has 0 aromatic heterocycles. The van der Waals surface area contributed by atoms with E-state index < -0.39 is 17.7 Å². The van der Waals surface area contributed by atoms with Crippen LogP contribution >= 0.6 is 0 Å². The van der Waals surface area contributed by atoms with Crippen molar-refractivity contribution in [3.63, 3.8) is 0 Å². The maximum atomic E-state index is 13.0. The summed E-state index contributed by atoms with van der Waals surface area (Å²) in [5.74, 6) is -1.93. The molecule has 1 amide bonds. The number of hydrogen-bond acceptors (Lipinski definition) is 3. The van der Waals surface area contributed by atoms with Crippen molar-refractivity contribution in [2.45, 2.75) is 18.9 Å². The van der Waals surface area contributed by atoms with Gasteiger partial charge in [0.2, 0.25) is 5.91 Å². The number of aliphatic hydroxyl groups is 1. The minimum Gasteiger partial charge on any atom is -0.389 e. The summed E-state index contributed by atoms with van der Waals surface area (Å²) in [6.45, 7) is 1.31. The summed E-state index contributed by atoms with van der Waals surface area (Å²) in [7, 11) is 0. The van der Waals surface area contributed by atoms with Gasteiger partial charge in [-0.25, -0.2) is 8.78 Å². The van der Waals surface area contributed by atoms with E-state index in [0.29, 0.717) is 25.1 Å². The minimum atomic E-state index is -0.909. The van der Waals surface area contributed by atoms with Crippen LogP contribution in [0.2, 0.25) is 0 Å². The molecule has 1 N–H and O–H groups in total. The summed E-state index contributed by atoms with van der Waals surface area (Å²) >= 11 is 0. The number of β-amino-alcohol motifs (C(OH)–C–C–N with tert-alkyl or cyclic N) is 1. The van der Waals surface area contributed by atoms with Crippen LogP contribution in [0, 0.1) is 11.6 Å². The number of hydrogen-bond donors (Lipinski definition) is 1. The van der Waals surface area contributed by atoms with Gasteiger partial charge in [0.05, 0.1) is 19.3 Å². The van der Waals surface area contributed by atoms with E-state index in [9.17, 15) is 18.7 Å². The quantitative estimate of drug-likeness (QED) is 0.905. The maximum absolute atomic E-state index is 13.0. The first kappa shape index (κ1) is 14.9. The summed E-state index contributed by atoms with van der Waals surface area (Å²) < 4.78 is 31.0. The molecule has 4 nitrogen and oxygen atoms in total. The smallest absolute Gasteiger partial charge is 0.223 e. The van der Waals surface area contributed by atoms with Crippen LogP contribution in [0.5, 0.6) is 0 Å². The summed E-state index contributed by atoms with van der Waals surface area (Å²) in [6, 6.07) is 3.62. The van der Waals surface area contributed by atoms with E-state index in [2.05, 4.69) is 0 Å². The van der Waals surface area contributed by atoms with Gasteiger partial charge in [-0.2, -0.15) is 0 Å². The molecule has 0 radical (unpaired) electrons. The Hall–Kier alpha value is -1.53. The van der Waals surface area contributed by atoms with Crippen molar-refractivity contribution < 1.29 is 23.4 Å². The molecule has 1 aliphatic heterocycles. The molecular formula is C14H17F2NO3. The van der Waals surface area contributed by atoms with Crippen LogP contribution < -0.4 is 0 Å². The minimum absolute atomic E-state index is 0.126. The van der Waals surface area contributed by atoms with Gasteiger partial charge in [0, 0.05) is 19.5 Å². The van der Waals surface area contributed by atoms with Crippen LogP contribution in [0.1, 0.15) is 12.0 Å². The lowest BCUT2D eigenvalue weighted by atomic mass is 10.1. The largest absolute Gasteiger partial charge is 0.389 e. The molecule has 0 bridgehead atoms. The molecule has 2 rings (SSSR count). The van der Waals surface area contributed by atoms with Crippen molar-refractivity contribution >= 4 is 5.91 Å². The molecule has 1 unspecified atom stereocenters. The predicted molar refractivity (Wildman–Crippen MR) is 68.1 cm³/mol. The van der Waals surface area contributed by atoms with Crippen LogP contribution in [-0.4, -0.2) is 48.3 Å². The Labute approximate surface area is 116 Å².